The van der Waals surface area contributed by atoms with Gasteiger partial charge < -0.3 is 25.3 Å². The fraction of sp³-hybridized carbons (Fsp3) is 0.483. The van der Waals surface area contributed by atoms with E-state index in [0.717, 1.165) is 44.1 Å². The van der Waals surface area contributed by atoms with Gasteiger partial charge in [-0.05, 0) is 45.6 Å². The number of thiazole rings is 1. The van der Waals surface area contributed by atoms with E-state index in [1.165, 1.54) is 17.6 Å². The zero-order valence-electron chi connectivity index (χ0n) is 22.9. The number of hydrogen-bond acceptors (Lipinski definition) is 8. The summed E-state index contributed by atoms with van der Waals surface area (Å²) in [5, 5.41) is 10.2. The molecule has 3 amide bonds. The number of carbonyl (C=O) groups is 3. The first-order valence-electron chi connectivity index (χ1n) is 14.0. The van der Waals surface area contributed by atoms with E-state index in [4.69, 9.17) is 9.40 Å². The highest BCUT2D eigenvalue weighted by Gasteiger charge is 2.41. The highest BCUT2D eigenvalue weighted by Crippen LogP contribution is 2.38. The molecule has 1 aliphatic carbocycles. The second-order valence-corrected chi connectivity index (χ2v) is 11.5. The highest BCUT2D eigenvalue weighted by molar-refractivity contribution is 7.19. The standard InChI is InChI=1S/C29H36N6O4S/c1-18(30-2)24(36)32-23(20-12-7-4-8-13-20)29(38)35-16-9-14-21(35)25(37)34-27-22(19-10-5-3-6-11-19)33-28(40-27)26-31-15-17-39-26/h3,5-6,10-11,15,17-18,20-21,23,30H,4,7-9,12-14,16H2,1-2H3,(H,32,36)(H,34,37)/t18?,21-,23?/m0/s1. The fourth-order valence-electron chi connectivity index (χ4n) is 5.55. The van der Waals surface area contributed by atoms with Crippen LogP contribution in [0.5, 0.6) is 0 Å². The monoisotopic (exact) mass is 564 g/mol. The SMILES string of the molecule is CNC(C)C(=O)NC(C(=O)N1CCC[C@H]1C(=O)Nc1sc(-c2ncco2)nc1-c1ccccc1)C1CCCCC1. The van der Waals surface area contributed by atoms with Crippen molar-refractivity contribution in [1.29, 1.82) is 0 Å². The average molecular weight is 565 g/mol. The fourth-order valence-corrected chi connectivity index (χ4v) is 6.48. The minimum atomic E-state index is -0.642. The molecule has 1 saturated heterocycles. The summed E-state index contributed by atoms with van der Waals surface area (Å²) < 4.78 is 5.45. The topological polar surface area (TPSA) is 129 Å². The number of likely N-dealkylation sites (tertiary alicyclic amines) is 1. The second-order valence-electron chi connectivity index (χ2n) is 10.5. The Kier molecular flexibility index (Phi) is 8.91. The van der Waals surface area contributed by atoms with E-state index in [-0.39, 0.29) is 23.6 Å². The first-order chi connectivity index (χ1) is 19.5. The molecule has 5 rings (SSSR count). The molecule has 212 valence electrons. The number of amides is 3. The lowest BCUT2D eigenvalue weighted by Crippen LogP contribution is -2.57. The van der Waals surface area contributed by atoms with Crippen molar-refractivity contribution < 1.29 is 18.8 Å². The first-order valence-corrected chi connectivity index (χ1v) is 14.8. The molecule has 2 fully saturated rings. The van der Waals surface area contributed by atoms with Crippen molar-refractivity contribution >= 4 is 34.1 Å². The molecule has 2 aromatic heterocycles. The Labute approximate surface area is 238 Å². The molecule has 3 atom stereocenters. The third kappa shape index (κ3) is 6.10. The number of oxazole rings is 1. The van der Waals surface area contributed by atoms with Crippen LogP contribution in [0.4, 0.5) is 5.00 Å². The zero-order chi connectivity index (χ0) is 28.1. The molecule has 10 nitrogen and oxygen atoms in total. The van der Waals surface area contributed by atoms with Gasteiger partial charge in [0, 0.05) is 12.1 Å². The summed E-state index contributed by atoms with van der Waals surface area (Å²) in [5.74, 6) is -0.199. The van der Waals surface area contributed by atoms with E-state index < -0.39 is 18.1 Å². The van der Waals surface area contributed by atoms with Gasteiger partial charge in [0.2, 0.25) is 17.7 Å². The molecular weight excluding hydrogens is 528 g/mol. The molecule has 0 bridgehead atoms. The van der Waals surface area contributed by atoms with E-state index >= 15 is 0 Å². The summed E-state index contributed by atoms with van der Waals surface area (Å²) in [5.41, 5.74) is 1.47. The van der Waals surface area contributed by atoms with Gasteiger partial charge in [-0.3, -0.25) is 14.4 Å². The molecule has 11 heteroatoms. The summed E-state index contributed by atoms with van der Waals surface area (Å²) in [6, 6.07) is 7.91. The van der Waals surface area contributed by atoms with Gasteiger partial charge in [-0.15, -0.1) is 0 Å². The first kappa shape index (κ1) is 28.0. The number of carbonyl (C=O) groups excluding carboxylic acids is 3. The largest absolute Gasteiger partial charge is 0.443 e. The molecule has 0 spiro atoms. The third-order valence-corrected chi connectivity index (χ3v) is 8.84. The van der Waals surface area contributed by atoms with Crippen LogP contribution in [0, 0.1) is 5.92 Å². The van der Waals surface area contributed by atoms with Gasteiger partial charge in [0.15, 0.2) is 5.01 Å². The molecule has 1 aliphatic heterocycles. The molecule has 0 radical (unpaired) electrons. The van der Waals surface area contributed by atoms with Crippen LogP contribution in [0.15, 0.2) is 47.2 Å². The summed E-state index contributed by atoms with van der Waals surface area (Å²) in [4.78, 5) is 51.1. The van der Waals surface area contributed by atoms with Crippen molar-refractivity contribution in [3.05, 3.63) is 42.8 Å². The lowest BCUT2D eigenvalue weighted by molar-refractivity contribution is -0.142. The van der Waals surface area contributed by atoms with Gasteiger partial charge in [-0.1, -0.05) is 60.9 Å². The molecule has 3 aromatic rings. The predicted molar refractivity (Wildman–Crippen MR) is 153 cm³/mol. The Hall–Kier alpha value is -3.57. The van der Waals surface area contributed by atoms with Crippen LogP contribution < -0.4 is 16.0 Å². The van der Waals surface area contributed by atoms with Gasteiger partial charge in [-0.25, -0.2) is 9.97 Å². The summed E-state index contributed by atoms with van der Waals surface area (Å²) in [7, 11) is 1.72. The van der Waals surface area contributed by atoms with Crippen LogP contribution in [0.25, 0.3) is 22.2 Å². The lowest BCUT2D eigenvalue weighted by atomic mass is 9.83. The van der Waals surface area contributed by atoms with Crippen LogP contribution in [-0.2, 0) is 14.4 Å². The normalized spacial score (nSPS) is 19.2. The Balaban J connectivity index is 1.38. The van der Waals surface area contributed by atoms with E-state index in [9.17, 15) is 14.4 Å². The van der Waals surface area contributed by atoms with E-state index in [0.29, 0.717) is 34.6 Å². The minimum Gasteiger partial charge on any atom is -0.443 e. The Morgan fingerprint density at radius 3 is 2.55 bits per heavy atom. The van der Waals surface area contributed by atoms with Crippen molar-refractivity contribution in [3.8, 4) is 22.2 Å². The summed E-state index contributed by atoms with van der Waals surface area (Å²) >= 11 is 1.29. The molecule has 3 heterocycles. The molecule has 40 heavy (non-hydrogen) atoms. The number of hydrogen-bond donors (Lipinski definition) is 3. The number of nitrogens with zero attached hydrogens (tertiary/aromatic N) is 3. The van der Waals surface area contributed by atoms with Crippen molar-refractivity contribution in [1.82, 2.24) is 25.5 Å². The number of rotatable bonds is 9. The van der Waals surface area contributed by atoms with Crippen molar-refractivity contribution in [2.24, 2.45) is 5.92 Å². The maximum Gasteiger partial charge on any atom is 0.255 e. The molecule has 1 saturated carbocycles. The maximum absolute atomic E-state index is 14.0. The van der Waals surface area contributed by atoms with E-state index in [2.05, 4.69) is 20.9 Å². The molecule has 3 N–H and O–H groups in total. The summed E-state index contributed by atoms with van der Waals surface area (Å²) in [6.45, 7) is 2.25. The van der Waals surface area contributed by atoms with Crippen LogP contribution in [-0.4, -0.2) is 64.3 Å². The average Bonchev–Trinajstić information content (AvgIpc) is 3.77. The maximum atomic E-state index is 14.0. The van der Waals surface area contributed by atoms with Gasteiger partial charge in [-0.2, -0.15) is 0 Å². The van der Waals surface area contributed by atoms with Gasteiger partial charge >= 0.3 is 0 Å². The van der Waals surface area contributed by atoms with Crippen LogP contribution >= 0.6 is 11.3 Å². The quantitative estimate of drug-likeness (QED) is 0.357. The van der Waals surface area contributed by atoms with E-state index in [1.54, 1.807) is 25.1 Å². The molecule has 2 unspecified atom stereocenters. The Bertz CT molecular complexity index is 1310. The van der Waals surface area contributed by atoms with Gasteiger partial charge in [0.05, 0.1) is 12.2 Å². The molecule has 1 aromatic carbocycles. The van der Waals surface area contributed by atoms with E-state index in [1.807, 2.05) is 30.3 Å². The highest BCUT2D eigenvalue weighted by atomic mass is 32.1. The Morgan fingerprint density at radius 2 is 1.85 bits per heavy atom. The van der Waals surface area contributed by atoms with Crippen molar-refractivity contribution in [2.45, 2.75) is 70.0 Å². The third-order valence-electron chi connectivity index (χ3n) is 7.88. The zero-order valence-corrected chi connectivity index (χ0v) is 23.7. The number of likely N-dealkylation sites (N-methyl/N-ethyl adjacent to an activating group) is 1. The van der Waals surface area contributed by atoms with Crippen LogP contribution in [0.1, 0.15) is 51.9 Å². The number of anilines is 1. The van der Waals surface area contributed by atoms with Gasteiger partial charge in [0.1, 0.15) is 29.0 Å². The Morgan fingerprint density at radius 1 is 1.07 bits per heavy atom. The van der Waals surface area contributed by atoms with Crippen molar-refractivity contribution in [3.63, 3.8) is 0 Å². The number of benzene rings is 1. The minimum absolute atomic E-state index is 0.0631. The lowest BCUT2D eigenvalue weighted by Gasteiger charge is -2.35. The predicted octanol–water partition coefficient (Wildman–Crippen LogP) is 4.07. The van der Waals surface area contributed by atoms with Gasteiger partial charge in [0.25, 0.3) is 5.89 Å². The van der Waals surface area contributed by atoms with Crippen LogP contribution in [0.2, 0.25) is 0 Å². The second kappa shape index (κ2) is 12.7. The number of nitrogens with one attached hydrogen (secondary N) is 3. The molecular formula is C29H36N6O4S. The molecule has 2 aliphatic rings. The van der Waals surface area contributed by atoms with Crippen LogP contribution in [0.3, 0.4) is 0 Å². The summed E-state index contributed by atoms with van der Waals surface area (Å²) in [6.07, 6.45) is 9.31. The van der Waals surface area contributed by atoms with Crippen molar-refractivity contribution in [2.75, 3.05) is 18.9 Å². The number of aromatic nitrogens is 2. The smallest absolute Gasteiger partial charge is 0.255 e.